The molecule has 4 nitrogen and oxygen atoms in total. The van der Waals surface area contributed by atoms with Crippen molar-refractivity contribution in [3.8, 4) is 10.6 Å². The van der Waals surface area contributed by atoms with Gasteiger partial charge in [0.2, 0.25) is 5.13 Å². The molecular formula is C19H12FN3OS. The summed E-state index contributed by atoms with van der Waals surface area (Å²) in [4.78, 5) is 12.4. The van der Waals surface area contributed by atoms with Crippen LogP contribution < -0.4 is 5.32 Å². The first-order valence-electron chi connectivity index (χ1n) is 7.59. The fourth-order valence-electron chi connectivity index (χ4n) is 2.48. The summed E-state index contributed by atoms with van der Waals surface area (Å²) < 4.78 is 13.0. The van der Waals surface area contributed by atoms with Crippen LogP contribution in [0.25, 0.3) is 21.3 Å². The number of aromatic nitrogens is 2. The fourth-order valence-corrected chi connectivity index (χ4v) is 3.23. The van der Waals surface area contributed by atoms with Gasteiger partial charge in [0, 0.05) is 11.1 Å². The van der Waals surface area contributed by atoms with Crippen LogP contribution in [0.3, 0.4) is 0 Å². The molecule has 4 aromatic rings. The Morgan fingerprint density at radius 3 is 2.48 bits per heavy atom. The van der Waals surface area contributed by atoms with Gasteiger partial charge in [-0.3, -0.25) is 10.1 Å². The van der Waals surface area contributed by atoms with Crippen LogP contribution in [0.15, 0.2) is 66.7 Å². The number of carbonyl (C=O) groups excluding carboxylic acids is 1. The van der Waals surface area contributed by atoms with E-state index in [-0.39, 0.29) is 11.7 Å². The minimum absolute atomic E-state index is 0.243. The van der Waals surface area contributed by atoms with Gasteiger partial charge in [0.05, 0.1) is 0 Å². The highest BCUT2D eigenvalue weighted by Gasteiger charge is 2.12. The van der Waals surface area contributed by atoms with Crippen molar-refractivity contribution in [1.29, 1.82) is 0 Å². The van der Waals surface area contributed by atoms with Gasteiger partial charge in [-0.05, 0) is 47.2 Å². The summed E-state index contributed by atoms with van der Waals surface area (Å²) in [7, 11) is 0. The maximum absolute atomic E-state index is 13.0. The Hall–Kier alpha value is -3.12. The lowest BCUT2D eigenvalue weighted by Crippen LogP contribution is -2.11. The number of anilines is 1. The van der Waals surface area contributed by atoms with Crippen LogP contribution in [-0.2, 0) is 0 Å². The van der Waals surface area contributed by atoms with Crippen molar-refractivity contribution < 1.29 is 9.18 Å². The van der Waals surface area contributed by atoms with E-state index < -0.39 is 0 Å². The van der Waals surface area contributed by atoms with Crippen LogP contribution in [0.1, 0.15) is 10.4 Å². The van der Waals surface area contributed by atoms with Crippen LogP contribution in [0.5, 0.6) is 0 Å². The highest BCUT2D eigenvalue weighted by molar-refractivity contribution is 7.18. The van der Waals surface area contributed by atoms with E-state index in [1.54, 1.807) is 18.2 Å². The molecule has 0 spiro atoms. The van der Waals surface area contributed by atoms with Gasteiger partial charge in [-0.2, -0.15) is 0 Å². The minimum Gasteiger partial charge on any atom is -0.296 e. The second-order valence-electron chi connectivity index (χ2n) is 5.44. The molecule has 0 fully saturated rings. The Kier molecular flexibility index (Phi) is 3.95. The molecule has 0 saturated heterocycles. The molecule has 0 saturated carbocycles. The highest BCUT2D eigenvalue weighted by atomic mass is 32.1. The topological polar surface area (TPSA) is 54.9 Å². The number of nitrogens with one attached hydrogen (secondary N) is 1. The van der Waals surface area contributed by atoms with E-state index in [9.17, 15) is 9.18 Å². The van der Waals surface area contributed by atoms with Crippen molar-refractivity contribution in [2.75, 3.05) is 5.32 Å². The van der Waals surface area contributed by atoms with Crippen molar-refractivity contribution in [2.24, 2.45) is 0 Å². The Bertz CT molecular complexity index is 1060. The number of fused-ring (bicyclic) bond motifs is 1. The van der Waals surface area contributed by atoms with Crippen molar-refractivity contribution in [1.82, 2.24) is 10.2 Å². The Morgan fingerprint density at radius 2 is 1.68 bits per heavy atom. The van der Waals surface area contributed by atoms with Crippen LogP contribution >= 0.6 is 11.3 Å². The molecule has 1 N–H and O–H groups in total. The van der Waals surface area contributed by atoms with Gasteiger partial charge < -0.3 is 0 Å². The number of carbonyl (C=O) groups is 1. The molecule has 0 atom stereocenters. The standard InChI is InChI=1S/C19H12FN3OS/c20-16-9-7-13(8-10-16)18-22-23-19(25-18)21-17(24)15-6-5-12-3-1-2-4-14(12)11-15/h1-11H,(H,21,23,24). The third-order valence-electron chi connectivity index (χ3n) is 3.75. The molecule has 1 heterocycles. The van der Waals surface area contributed by atoms with Crippen LogP contribution in [-0.4, -0.2) is 16.1 Å². The summed E-state index contributed by atoms with van der Waals surface area (Å²) in [5, 5.41) is 13.9. The largest absolute Gasteiger partial charge is 0.296 e. The van der Waals surface area contributed by atoms with E-state index >= 15 is 0 Å². The number of hydrogen-bond donors (Lipinski definition) is 1. The number of amides is 1. The Balaban J connectivity index is 1.55. The number of rotatable bonds is 3. The zero-order chi connectivity index (χ0) is 17.2. The molecule has 1 amide bonds. The van der Waals surface area contributed by atoms with Crippen molar-refractivity contribution in [2.45, 2.75) is 0 Å². The van der Waals surface area contributed by atoms with Gasteiger partial charge in [0.25, 0.3) is 5.91 Å². The zero-order valence-electron chi connectivity index (χ0n) is 12.9. The summed E-state index contributed by atoms with van der Waals surface area (Å²) in [5.41, 5.74) is 1.31. The maximum Gasteiger partial charge on any atom is 0.257 e. The van der Waals surface area contributed by atoms with Gasteiger partial charge >= 0.3 is 0 Å². The molecule has 4 rings (SSSR count). The van der Waals surface area contributed by atoms with Gasteiger partial charge in [0.1, 0.15) is 10.8 Å². The minimum atomic E-state index is -0.307. The summed E-state index contributed by atoms with van der Waals surface area (Å²) >= 11 is 1.24. The van der Waals surface area contributed by atoms with Crippen LogP contribution in [0, 0.1) is 5.82 Å². The van der Waals surface area contributed by atoms with E-state index in [2.05, 4.69) is 15.5 Å². The molecule has 25 heavy (non-hydrogen) atoms. The Labute approximate surface area is 147 Å². The SMILES string of the molecule is O=C(Nc1nnc(-c2ccc(F)cc2)s1)c1ccc2ccccc2c1. The lowest BCUT2D eigenvalue weighted by atomic mass is 10.1. The first kappa shape index (κ1) is 15.4. The van der Waals surface area contributed by atoms with E-state index in [0.717, 1.165) is 16.3 Å². The van der Waals surface area contributed by atoms with Crippen molar-refractivity contribution in [3.05, 3.63) is 78.1 Å². The molecule has 122 valence electrons. The lowest BCUT2D eigenvalue weighted by molar-refractivity contribution is 0.102. The van der Waals surface area contributed by atoms with Gasteiger partial charge in [0.15, 0.2) is 0 Å². The molecule has 0 bridgehead atoms. The van der Waals surface area contributed by atoms with E-state index in [4.69, 9.17) is 0 Å². The second kappa shape index (κ2) is 6.41. The molecule has 0 aliphatic carbocycles. The number of benzene rings is 3. The molecule has 3 aromatic carbocycles. The molecule has 1 aromatic heterocycles. The quantitative estimate of drug-likeness (QED) is 0.581. The summed E-state index contributed by atoms with van der Waals surface area (Å²) in [5.74, 6) is -0.550. The summed E-state index contributed by atoms with van der Waals surface area (Å²) in [6.45, 7) is 0. The van der Waals surface area contributed by atoms with Crippen molar-refractivity contribution >= 4 is 33.1 Å². The maximum atomic E-state index is 13.0. The molecule has 0 aliphatic rings. The first-order chi connectivity index (χ1) is 12.2. The number of hydrogen-bond acceptors (Lipinski definition) is 4. The average molecular weight is 349 g/mol. The summed E-state index contributed by atoms with van der Waals surface area (Å²) in [6, 6.07) is 19.4. The van der Waals surface area contributed by atoms with Crippen molar-refractivity contribution in [3.63, 3.8) is 0 Å². The van der Waals surface area contributed by atoms with Crippen LogP contribution in [0.4, 0.5) is 9.52 Å². The van der Waals surface area contributed by atoms with E-state index in [1.807, 2.05) is 36.4 Å². The monoisotopic (exact) mass is 349 g/mol. The van der Waals surface area contributed by atoms with E-state index in [0.29, 0.717) is 15.7 Å². The van der Waals surface area contributed by atoms with Gasteiger partial charge in [-0.1, -0.05) is 41.7 Å². The first-order valence-corrected chi connectivity index (χ1v) is 8.40. The molecule has 6 heteroatoms. The average Bonchev–Trinajstić information content (AvgIpc) is 3.10. The normalized spacial score (nSPS) is 10.8. The highest BCUT2D eigenvalue weighted by Crippen LogP contribution is 2.27. The Morgan fingerprint density at radius 1 is 0.920 bits per heavy atom. The number of nitrogens with zero attached hydrogens (tertiary/aromatic N) is 2. The van der Waals surface area contributed by atoms with Gasteiger partial charge in [-0.15, -0.1) is 10.2 Å². The zero-order valence-corrected chi connectivity index (χ0v) is 13.8. The predicted octanol–water partition coefficient (Wildman–Crippen LogP) is 4.75. The fraction of sp³-hybridized carbons (Fsp3) is 0. The third-order valence-corrected chi connectivity index (χ3v) is 4.64. The number of halogens is 1. The molecule has 0 unspecified atom stereocenters. The molecular weight excluding hydrogens is 337 g/mol. The molecule has 0 aliphatic heterocycles. The lowest BCUT2D eigenvalue weighted by Gasteiger charge is -2.03. The van der Waals surface area contributed by atoms with E-state index in [1.165, 1.54) is 23.5 Å². The third kappa shape index (κ3) is 3.25. The van der Waals surface area contributed by atoms with Crippen LogP contribution in [0.2, 0.25) is 0 Å². The second-order valence-corrected chi connectivity index (χ2v) is 6.41. The summed E-state index contributed by atoms with van der Waals surface area (Å²) in [6.07, 6.45) is 0. The molecule has 0 radical (unpaired) electrons. The smallest absolute Gasteiger partial charge is 0.257 e. The predicted molar refractivity (Wildman–Crippen MR) is 97.2 cm³/mol. The van der Waals surface area contributed by atoms with Gasteiger partial charge in [-0.25, -0.2) is 4.39 Å².